The average Bonchev–Trinajstić information content (AvgIpc) is 2.99. The molecule has 2 aromatic heterocycles. The molecule has 2 heterocycles. The first-order chi connectivity index (χ1) is 14.6. The highest BCUT2D eigenvalue weighted by Crippen LogP contribution is 2.22. The average molecular weight is 464 g/mol. The van der Waals surface area contributed by atoms with Crippen molar-refractivity contribution in [2.45, 2.75) is 18.7 Å². The zero-order valence-corrected chi connectivity index (χ0v) is 17.7. The van der Waals surface area contributed by atoms with E-state index in [0.29, 0.717) is 16.9 Å². The first-order valence-corrected chi connectivity index (χ1v) is 10.4. The summed E-state index contributed by atoms with van der Waals surface area (Å²) in [6, 6.07) is 5.60. The van der Waals surface area contributed by atoms with Crippen molar-refractivity contribution in [3.05, 3.63) is 61.9 Å². The normalized spacial score (nSPS) is 11.5. The van der Waals surface area contributed by atoms with Crippen LogP contribution in [0.2, 0.25) is 0 Å². The Morgan fingerprint density at radius 2 is 1.90 bits per heavy atom. The largest absolute Gasteiger partial charge is 0.494 e. The maximum absolute atomic E-state index is 12.5. The Balaban J connectivity index is 1.70. The number of benzene rings is 1. The van der Waals surface area contributed by atoms with Gasteiger partial charge in [0.15, 0.2) is 5.11 Å². The number of H-pyrrole nitrogens is 2. The summed E-state index contributed by atoms with van der Waals surface area (Å²) in [7, 11) is -3.90. The van der Waals surface area contributed by atoms with E-state index < -0.39 is 27.2 Å². The van der Waals surface area contributed by atoms with Crippen molar-refractivity contribution in [2.75, 3.05) is 10.0 Å². The molecule has 0 aliphatic heterocycles. The van der Waals surface area contributed by atoms with E-state index in [1.807, 2.05) is 9.97 Å². The molecular formula is C17H16N6O6S2. The molecule has 3 aromatic rings. The fourth-order valence-electron chi connectivity index (χ4n) is 2.29. The van der Waals surface area contributed by atoms with Crippen molar-refractivity contribution in [1.82, 2.24) is 15.1 Å². The SMILES string of the molecule is Cc1noc(NS(=O)(=O)c2ccc(NC(=S)/N=C/c3c(O)[nH]c(=O)[nH]c3=O)cc2)c1C. The van der Waals surface area contributed by atoms with Crippen LogP contribution in [0.5, 0.6) is 5.88 Å². The fourth-order valence-corrected chi connectivity index (χ4v) is 3.51. The predicted molar refractivity (Wildman–Crippen MR) is 116 cm³/mol. The van der Waals surface area contributed by atoms with Crippen molar-refractivity contribution in [3.8, 4) is 5.88 Å². The van der Waals surface area contributed by atoms with Gasteiger partial charge in [-0.25, -0.2) is 22.9 Å². The molecule has 0 aliphatic rings. The molecule has 12 nitrogen and oxygen atoms in total. The van der Waals surface area contributed by atoms with Crippen LogP contribution in [-0.4, -0.2) is 40.0 Å². The lowest BCUT2D eigenvalue weighted by molar-refractivity contribution is 0.430. The van der Waals surface area contributed by atoms with E-state index in [4.69, 9.17) is 16.7 Å². The van der Waals surface area contributed by atoms with Crippen LogP contribution in [0.25, 0.3) is 0 Å². The zero-order valence-electron chi connectivity index (χ0n) is 16.1. The second-order valence-electron chi connectivity index (χ2n) is 6.21. The zero-order chi connectivity index (χ0) is 22.8. The number of thiocarbonyl (C=S) groups is 1. The van der Waals surface area contributed by atoms with Crippen LogP contribution in [-0.2, 0) is 10.0 Å². The summed E-state index contributed by atoms with van der Waals surface area (Å²) in [5.41, 5.74) is -0.409. The Morgan fingerprint density at radius 3 is 2.48 bits per heavy atom. The lowest BCUT2D eigenvalue weighted by Crippen LogP contribution is -2.25. The quantitative estimate of drug-likeness (QED) is 0.271. The highest BCUT2D eigenvalue weighted by atomic mass is 32.2. The van der Waals surface area contributed by atoms with Crippen LogP contribution in [0, 0.1) is 13.8 Å². The number of anilines is 2. The molecule has 0 saturated heterocycles. The van der Waals surface area contributed by atoms with E-state index in [9.17, 15) is 23.1 Å². The summed E-state index contributed by atoms with van der Waals surface area (Å²) in [6.07, 6.45) is 0.976. The number of nitrogens with one attached hydrogen (secondary N) is 4. The van der Waals surface area contributed by atoms with Gasteiger partial charge in [-0.3, -0.25) is 14.8 Å². The van der Waals surface area contributed by atoms with Gasteiger partial charge in [0.25, 0.3) is 15.6 Å². The maximum atomic E-state index is 12.5. The molecule has 0 unspecified atom stereocenters. The first-order valence-electron chi connectivity index (χ1n) is 8.53. The number of aromatic amines is 2. The molecule has 0 fully saturated rings. The lowest BCUT2D eigenvalue weighted by atomic mass is 10.3. The smallest absolute Gasteiger partial charge is 0.328 e. The summed E-state index contributed by atoms with van der Waals surface area (Å²) in [5.74, 6) is -0.615. The van der Waals surface area contributed by atoms with Gasteiger partial charge in [-0.1, -0.05) is 5.16 Å². The third-order valence-electron chi connectivity index (χ3n) is 4.07. The van der Waals surface area contributed by atoms with Gasteiger partial charge in [-0.05, 0) is 50.3 Å². The molecule has 0 saturated carbocycles. The van der Waals surface area contributed by atoms with E-state index in [-0.39, 0.29) is 21.5 Å². The molecule has 14 heteroatoms. The number of hydrogen-bond acceptors (Lipinski definition) is 8. The van der Waals surface area contributed by atoms with Crippen LogP contribution < -0.4 is 21.3 Å². The Labute approximate surface area is 180 Å². The van der Waals surface area contributed by atoms with E-state index in [0.717, 1.165) is 6.21 Å². The second kappa shape index (κ2) is 8.53. The molecule has 3 rings (SSSR count). The van der Waals surface area contributed by atoms with Crippen LogP contribution in [0.15, 0.2) is 48.3 Å². The van der Waals surface area contributed by atoms with Crippen molar-refractivity contribution in [3.63, 3.8) is 0 Å². The van der Waals surface area contributed by atoms with Gasteiger partial charge >= 0.3 is 5.69 Å². The molecule has 0 spiro atoms. The molecule has 31 heavy (non-hydrogen) atoms. The summed E-state index contributed by atoms with van der Waals surface area (Å²) >= 11 is 5.03. The fraction of sp³-hybridized carbons (Fsp3) is 0.118. The van der Waals surface area contributed by atoms with Crippen LogP contribution >= 0.6 is 12.2 Å². The summed E-state index contributed by atoms with van der Waals surface area (Å²) in [5, 5.41) is 16.0. The number of aliphatic imine (C=N–C) groups is 1. The van der Waals surface area contributed by atoms with Crippen molar-refractivity contribution in [2.24, 2.45) is 4.99 Å². The van der Waals surface area contributed by atoms with Gasteiger partial charge in [0, 0.05) is 17.5 Å². The van der Waals surface area contributed by atoms with E-state index >= 15 is 0 Å². The van der Waals surface area contributed by atoms with Gasteiger partial charge in [0.2, 0.25) is 11.8 Å². The van der Waals surface area contributed by atoms with Crippen molar-refractivity contribution < 1.29 is 18.0 Å². The molecule has 0 radical (unpaired) electrons. The summed E-state index contributed by atoms with van der Waals surface area (Å²) in [4.78, 5) is 30.5. The van der Waals surface area contributed by atoms with Gasteiger partial charge in [-0.2, -0.15) is 0 Å². The highest BCUT2D eigenvalue weighted by molar-refractivity contribution is 7.92. The first kappa shape index (κ1) is 21.9. The number of rotatable bonds is 5. The van der Waals surface area contributed by atoms with E-state index in [2.05, 4.69) is 20.2 Å². The van der Waals surface area contributed by atoms with Gasteiger partial charge in [0.1, 0.15) is 5.56 Å². The van der Waals surface area contributed by atoms with E-state index in [1.165, 1.54) is 24.3 Å². The number of nitrogens with zero attached hydrogens (tertiary/aromatic N) is 2. The van der Waals surface area contributed by atoms with Crippen molar-refractivity contribution >= 4 is 45.1 Å². The Bertz CT molecular complexity index is 1390. The van der Waals surface area contributed by atoms with Gasteiger partial charge in [0.05, 0.1) is 10.6 Å². The Kier molecular flexibility index (Phi) is 6.03. The minimum absolute atomic E-state index is 0.0226. The molecule has 5 N–H and O–H groups in total. The minimum Gasteiger partial charge on any atom is -0.494 e. The predicted octanol–water partition coefficient (Wildman–Crippen LogP) is 0.990. The second-order valence-corrected chi connectivity index (χ2v) is 8.28. The third kappa shape index (κ3) is 5.04. The monoisotopic (exact) mass is 464 g/mol. The molecule has 162 valence electrons. The molecular weight excluding hydrogens is 448 g/mol. The highest BCUT2D eigenvalue weighted by Gasteiger charge is 2.19. The third-order valence-corrected chi connectivity index (χ3v) is 5.62. The maximum Gasteiger partial charge on any atom is 0.328 e. The molecule has 1 aromatic carbocycles. The van der Waals surface area contributed by atoms with Gasteiger partial charge < -0.3 is 14.9 Å². The van der Waals surface area contributed by atoms with Crippen LogP contribution in [0.3, 0.4) is 0 Å². The van der Waals surface area contributed by atoms with Crippen LogP contribution in [0.1, 0.15) is 16.8 Å². The standard InChI is InChI=1S/C17H16N6O6S2/c1-8-9(2)22-29-15(8)23-31(27,28)11-5-3-10(4-6-11)19-17(30)18-7-12-13(24)20-16(26)21-14(12)25/h3-7,23H,1-2H3,(H,19,30)(H3,20,21,24,25,26)/b18-7+. The minimum atomic E-state index is -3.90. The Hall–Kier alpha value is -3.78. The number of aromatic hydroxyl groups is 1. The number of aromatic nitrogens is 3. The molecule has 0 bridgehead atoms. The topological polar surface area (TPSA) is 183 Å². The number of hydrogen-bond donors (Lipinski definition) is 5. The lowest BCUT2D eigenvalue weighted by Gasteiger charge is -2.08. The number of sulfonamides is 1. The molecule has 0 aliphatic carbocycles. The van der Waals surface area contributed by atoms with Crippen LogP contribution in [0.4, 0.5) is 11.6 Å². The molecule has 0 amide bonds. The summed E-state index contributed by atoms with van der Waals surface area (Å²) in [6.45, 7) is 3.37. The summed E-state index contributed by atoms with van der Waals surface area (Å²) < 4.78 is 32.3. The Morgan fingerprint density at radius 1 is 1.23 bits per heavy atom. The number of aryl methyl sites for hydroxylation is 1. The van der Waals surface area contributed by atoms with Gasteiger partial charge in [-0.15, -0.1) is 0 Å². The van der Waals surface area contributed by atoms with Crippen molar-refractivity contribution in [1.29, 1.82) is 0 Å². The van der Waals surface area contributed by atoms with E-state index in [1.54, 1.807) is 13.8 Å². The molecule has 0 atom stereocenters.